The standard InChI is InChI=1S/C26H26IN3O4/c1-4-33-23-14-19(15-28-30-26(32)20-11-9-17(2)10-12-20)13-21(27)25(23)34-16-24(31)29-22-8-6-5-7-18(22)3/h5-15H,4,16H2,1-3H3,(H,29,31)(H,30,32)/b28-15+. The maximum absolute atomic E-state index is 12.4. The van der Waals surface area contributed by atoms with E-state index in [9.17, 15) is 9.59 Å². The topological polar surface area (TPSA) is 89.0 Å². The number of aryl methyl sites for hydroxylation is 2. The van der Waals surface area contributed by atoms with E-state index in [4.69, 9.17) is 9.47 Å². The molecule has 2 N–H and O–H groups in total. The highest BCUT2D eigenvalue weighted by Crippen LogP contribution is 2.34. The molecule has 0 saturated carbocycles. The molecule has 0 radical (unpaired) electrons. The fourth-order valence-corrected chi connectivity index (χ4v) is 3.82. The summed E-state index contributed by atoms with van der Waals surface area (Å²) in [5.41, 5.74) is 6.56. The van der Waals surface area contributed by atoms with Gasteiger partial charge in [-0.05, 0) is 84.8 Å². The van der Waals surface area contributed by atoms with Gasteiger partial charge in [0.15, 0.2) is 18.1 Å². The van der Waals surface area contributed by atoms with E-state index in [1.807, 2.05) is 63.2 Å². The number of nitrogens with zero attached hydrogens (tertiary/aromatic N) is 1. The first-order chi connectivity index (χ1) is 16.4. The second-order valence-electron chi connectivity index (χ2n) is 7.48. The van der Waals surface area contributed by atoms with E-state index < -0.39 is 0 Å². The number of para-hydroxylation sites is 1. The molecule has 0 fully saturated rings. The molecule has 3 aromatic carbocycles. The minimum atomic E-state index is -0.296. The van der Waals surface area contributed by atoms with Crippen molar-refractivity contribution in [1.82, 2.24) is 5.43 Å². The van der Waals surface area contributed by atoms with Gasteiger partial charge in [0, 0.05) is 11.3 Å². The minimum absolute atomic E-state index is 0.162. The Morgan fingerprint density at radius 1 is 1.03 bits per heavy atom. The summed E-state index contributed by atoms with van der Waals surface area (Å²) in [5.74, 6) is 0.403. The van der Waals surface area contributed by atoms with Gasteiger partial charge in [-0.2, -0.15) is 5.10 Å². The maximum Gasteiger partial charge on any atom is 0.271 e. The van der Waals surface area contributed by atoms with E-state index >= 15 is 0 Å². The Morgan fingerprint density at radius 2 is 1.76 bits per heavy atom. The molecule has 0 heterocycles. The molecule has 0 aliphatic carbocycles. The predicted octanol–water partition coefficient (Wildman–Crippen LogP) is 5.09. The summed E-state index contributed by atoms with van der Waals surface area (Å²) in [5, 5.41) is 6.90. The van der Waals surface area contributed by atoms with E-state index in [2.05, 4.69) is 38.4 Å². The molecule has 7 nitrogen and oxygen atoms in total. The summed E-state index contributed by atoms with van der Waals surface area (Å²) < 4.78 is 12.3. The molecule has 2 amide bonds. The van der Waals surface area contributed by atoms with Crippen molar-refractivity contribution in [1.29, 1.82) is 0 Å². The Balaban J connectivity index is 1.66. The van der Waals surface area contributed by atoms with Crippen molar-refractivity contribution in [2.45, 2.75) is 20.8 Å². The molecule has 0 bridgehead atoms. The smallest absolute Gasteiger partial charge is 0.271 e. The number of hydrogen-bond acceptors (Lipinski definition) is 5. The summed E-state index contributed by atoms with van der Waals surface area (Å²) in [6.07, 6.45) is 1.53. The van der Waals surface area contributed by atoms with Gasteiger partial charge in [-0.1, -0.05) is 35.9 Å². The maximum atomic E-state index is 12.4. The van der Waals surface area contributed by atoms with Crippen LogP contribution < -0.4 is 20.2 Å². The zero-order valence-electron chi connectivity index (χ0n) is 19.2. The molecular formula is C26H26IN3O4. The SMILES string of the molecule is CCOc1cc(/C=N/NC(=O)c2ccc(C)cc2)cc(I)c1OCC(=O)Nc1ccccc1C. The Hall–Kier alpha value is -3.40. The van der Waals surface area contributed by atoms with Gasteiger partial charge in [-0.3, -0.25) is 9.59 Å². The highest BCUT2D eigenvalue weighted by Gasteiger charge is 2.14. The van der Waals surface area contributed by atoms with Crippen molar-refractivity contribution in [3.8, 4) is 11.5 Å². The van der Waals surface area contributed by atoms with Crippen LogP contribution in [-0.4, -0.2) is 31.2 Å². The molecular weight excluding hydrogens is 545 g/mol. The van der Waals surface area contributed by atoms with Crippen LogP contribution in [0.4, 0.5) is 5.69 Å². The van der Waals surface area contributed by atoms with Gasteiger partial charge in [-0.15, -0.1) is 0 Å². The third-order valence-corrected chi connectivity index (χ3v) is 5.59. The zero-order chi connectivity index (χ0) is 24.5. The zero-order valence-corrected chi connectivity index (χ0v) is 21.4. The van der Waals surface area contributed by atoms with Crippen LogP contribution in [0.3, 0.4) is 0 Å². The molecule has 0 spiro atoms. The van der Waals surface area contributed by atoms with Gasteiger partial charge in [0.25, 0.3) is 11.8 Å². The number of ether oxygens (including phenoxy) is 2. The first-order valence-electron chi connectivity index (χ1n) is 10.7. The number of benzene rings is 3. The molecule has 8 heteroatoms. The van der Waals surface area contributed by atoms with Crippen LogP contribution in [0.2, 0.25) is 0 Å². The summed E-state index contributed by atoms with van der Waals surface area (Å²) in [4.78, 5) is 24.6. The number of nitrogens with one attached hydrogen (secondary N) is 2. The fraction of sp³-hybridized carbons (Fsp3) is 0.192. The molecule has 0 aliphatic heterocycles. The second-order valence-corrected chi connectivity index (χ2v) is 8.64. The first-order valence-corrected chi connectivity index (χ1v) is 11.8. The van der Waals surface area contributed by atoms with Crippen molar-refractivity contribution >= 4 is 46.3 Å². The van der Waals surface area contributed by atoms with Crippen LogP contribution in [-0.2, 0) is 4.79 Å². The van der Waals surface area contributed by atoms with E-state index in [1.54, 1.807) is 18.2 Å². The van der Waals surface area contributed by atoms with E-state index in [-0.39, 0.29) is 18.4 Å². The number of hydrogen-bond donors (Lipinski definition) is 2. The van der Waals surface area contributed by atoms with Gasteiger partial charge < -0.3 is 14.8 Å². The van der Waals surface area contributed by atoms with Crippen LogP contribution in [0.25, 0.3) is 0 Å². The lowest BCUT2D eigenvalue weighted by Crippen LogP contribution is -2.21. The highest BCUT2D eigenvalue weighted by atomic mass is 127. The van der Waals surface area contributed by atoms with Gasteiger partial charge in [0.1, 0.15) is 0 Å². The van der Waals surface area contributed by atoms with Gasteiger partial charge in [0.05, 0.1) is 16.4 Å². The fourth-order valence-electron chi connectivity index (χ4n) is 3.04. The molecule has 0 saturated heterocycles. The predicted molar refractivity (Wildman–Crippen MR) is 142 cm³/mol. The van der Waals surface area contributed by atoms with Crippen molar-refractivity contribution in [2.24, 2.45) is 5.10 Å². The Bertz CT molecular complexity index is 1190. The molecule has 0 aromatic heterocycles. The second kappa shape index (κ2) is 12.2. The van der Waals surface area contributed by atoms with Crippen LogP contribution >= 0.6 is 22.6 Å². The monoisotopic (exact) mass is 571 g/mol. The largest absolute Gasteiger partial charge is 0.490 e. The lowest BCUT2D eigenvalue weighted by molar-refractivity contribution is -0.118. The third-order valence-electron chi connectivity index (χ3n) is 4.79. The van der Waals surface area contributed by atoms with Crippen LogP contribution in [0.5, 0.6) is 11.5 Å². The number of carbonyl (C=O) groups is 2. The average molecular weight is 571 g/mol. The molecule has 176 valence electrons. The molecule has 3 aromatic rings. The minimum Gasteiger partial charge on any atom is -0.490 e. The lowest BCUT2D eigenvalue weighted by Gasteiger charge is -2.15. The summed E-state index contributed by atoms with van der Waals surface area (Å²) in [6.45, 7) is 6.01. The summed E-state index contributed by atoms with van der Waals surface area (Å²) in [6, 6.07) is 18.4. The van der Waals surface area contributed by atoms with Crippen molar-refractivity contribution < 1.29 is 19.1 Å². The molecule has 0 unspecified atom stereocenters. The Kier molecular flexibility index (Phi) is 9.03. The lowest BCUT2D eigenvalue weighted by atomic mass is 10.1. The van der Waals surface area contributed by atoms with E-state index in [0.717, 1.165) is 20.4 Å². The molecule has 0 atom stereocenters. The van der Waals surface area contributed by atoms with Crippen molar-refractivity contribution in [2.75, 3.05) is 18.5 Å². The average Bonchev–Trinajstić information content (AvgIpc) is 2.80. The van der Waals surface area contributed by atoms with Crippen molar-refractivity contribution in [3.63, 3.8) is 0 Å². The number of halogens is 1. The normalized spacial score (nSPS) is 10.7. The van der Waals surface area contributed by atoms with Gasteiger partial charge in [0.2, 0.25) is 0 Å². The van der Waals surface area contributed by atoms with Crippen LogP contribution in [0, 0.1) is 17.4 Å². The number of amides is 2. The van der Waals surface area contributed by atoms with E-state index in [0.29, 0.717) is 29.2 Å². The summed E-state index contributed by atoms with van der Waals surface area (Å²) >= 11 is 2.12. The van der Waals surface area contributed by atoms with Gasteiger partial charge in [-0.25, -0.2) is 5.43 Å². The van der Waals surface area contributed by atoms with Gasteiger partial charge >= 0.3 is 0 Å². The number of carbonyl (C=O) groups excluding carboxylic acids is 2. The highest BCUT2D eigenvalue weighted by molar-refractivity contribution is 14.1. The van der Waals surface area contributed by atoms with E-state index in [1.165, 1.54) is 6.21 Å². The van der Waals surface area contributed by atoms with Crippen LogP contribution in [0.1, 0.15) is 34.0 Å². The summed E-state index contributed by atoms with van der Waals surface area (Å²) in [7, 11) is 0. The quantitative estimate of drug-likeness (QED) is 0.213. The van der Waals surface area contributed by atoms with Crippen molar-refractivity contribution in [3.05, 3.63) is 86.5 Å². The number of rotatable bonds is 9. The Labute approximate surface area is 212 Å². The third kappa shape index (κ3) is 7.05. The first kappa shape index (κ1) is 25.2. The van der Waals surface area contributed by atoms with Crippen LogP contribution in [0.15, 0.2) is 65.8 Å². The molecule has 3 rings (SSSR count). The number of anilines is 1. The number of hydrazone groups is 1. The Morgan fingerprint density at radius 3 is 2.47 bits per heavy atom. The molecule has 0 aliphatic rings. The molecule has 34 heavy (non-hydrogen) atoms.